The standard InChI is InChI=1S/C11H9NO2/c13-11(14)12-9-5-6-10(12)8-4-2-1-3-7(8)9/h1-6,9-10H,(H,13,14). The molecule has 0 saturated carbocycles. The molecule has 0 aliphatic carbocycles. The lowest BCUT2D eigenvalue weighted by atomic mass is 9.97. The Morgan fingerprint density at radius 3 is 2.07 bits per heavy atom. The van der Waals surface area contributed by atoms with E-state index in [1.807, 2.05) is 36.4 Å². The van der Waals surface area contributed by atoms with E-state index in [1.165, 1.54) is 4.90 Å². The molecule has 2 unspecified atom stereocenters. The zero-order valence-electron chi connectivity index (χ0n) is 7.42. The Labute approximate surface area is 81.3 Å². The third kappa shape index (κ3) is 0.744. The van der Waals surface area contributed by atoms with Crippen molar-refractivity contribution < 1.29 is 9.90 Å². The summed E-state index contributed by atoms with van der Waals surface area (Å²) in [7, 11) is 0. The Morgan fingerprint density at radius 1 is 1.14 bits per heavy atom. The van der Waals surface area contributed by atoms with Gasteiger partial charge < -0.3 is 5.11 Å². The molecule has 1 amide bonds. The Bertz CT molecular complexity index is 406. The molecule has 1 aromatic rings. The van der Waals surface area contributed by atoms with Crippen LogP contribution >= 0.6 is 0 Å². The highest BCUT2D eigenvalue weighted by molar-refractivity contribution is 5.71. The number of carbonyl (C=O) groups is 1. The van der Waals surface area contributed by atoms with Gasteiger partial charge in [-0.1, -0.05) is 36.4 Å². The van der Waals surface area contributed by atoms with Crippen LogP contribution in [-0.4, -0.2) is 16.1 Å². The van der Waals surface area contributed by atoms with E-state index in [1.54, 1.807) is 0 Å². The van der Waals surface area contributed by atoms with E-state index in [-0.39, 0.29) is 12.1 Å². The number of hydrogen-bond donors (Lipinski definition) is 1. The summed E-state index contributed by atoms with van der Waals surface area (Å²) in [5.41, 5.74) is 2.25. The van der Waals surface area contributed by atoms with Crippen molar-refractivity contribution in [2.45, 2.75) is 12.1 Å². The minimum Gasteiger partial charge on any atom is -0.465 e. The number of benzene rings is 1. The monoisotopic (exact) mass is 187 g/mol. The van der Waals surface area contributed by atoms with Crippen molar-refractivity contribution in [1.82, 2.24) is 4.90 Å². The highest BCUT2D eigenvalue weighted by atomic mass is 16.4. The van der Waals surface area contributed by atoms with Crippen molar-refractivity contribution in [3.8, 4) is 0 Å². The van der Waals surface area contributed by atoms with Gasteiger partial charge in [0.25, 0.3) is 0 Å². The molecule has 0 aromatic heterocycles. The minimum atomic E-state index is -0.846. The van der Waals surface area contributed by atoms with Crippen LogP contribution in [-0.2, 0) is 0 Å². The average Bonchev–Trinajstić information content (AvgIpc) is 2.73. The van der Waals surface area contributed by atoms with Crippen molar-refractivity contribution in [3.63, 3.8) is 0 Å². The summed E-state index contributed by atoms with van der Waals surface area (Å²) in [6, 6.07) is 7.78. The number of rotatable bonds is 0. The lowest BCUT2D eigenvalue weighted by molar-refractivity contribution is 0.135. The number of carboxylic acid groups (broad SMARTS) is 1. The van der Waals surface area contributed by atoms with Gasteiger partial charge in [0.05, 0.1) is 12.1 Å². The molecule has 1 aromatic carbocycles. The molecule has 2 heterocycles. The fourth-order valence-electron chi connectivity index (χ4n) is 2.36. The Morgan fingerprint density at radius 2 is 1.64 bits per heavy atom. The van der Waals surface area contributed by atoms with Gasteiger partial charge in [0.2, 0.25) is 0 Å². The van der Waals surface area contributed by atoms with Crippen LogP contribution in [0.2, 0.25) is 0 Å². The normalized spacial score (nSPS) is 26.7. The largest absolute Gasteiger partial charge is 0.465 e. The van der Waals surface area contributed by atoms with E-state index >= 15 is 0 Å². The second kappa shape index (κ2) is 2.38. The Kier molecular flexibility index (Phi) is 1.29. The highest BCUT2D eigenvalue weighted by Crippen LogP contribution is 2.48. The molecule has 14 heavy (non-hydrogen) atoms. The third-order valence-electron chi connectivity index (χ3n) is 2.93. The van der Waals surface area contributed by atoms with Crippen LogP contribution in [0.4, 0.5) is 4.79 Å². The van der Waals surface area contributed by atoms with Gasteiger partial charge >= 0.3 is 6.09 Å². The summed E-state index contributed by atoms with van der Waals surface area (Å²) < 4.78 is 0. The molecule has 2 bridgehead atoms. The quantitative estimate of drug-likeness (QED) is 0.633. The molecule has 3 nitrogen and oxygen atoms in total. The lowest BCUT2D eigenvalue weighted by Crippen LogP contribution is -2.26. The van der Waals surface area contributed by atoms with Gasteiger partial charge in [-0.15, -0.1) is 0 Å². The maximum Gasteiger partial charge on any atom is 0.408 e. The summed E-state index contributed by atoms with van der Waals surface area (Å²) >= 11 is 0. The first-order valence-electron chi connectivity index (χ1n) is 4.57. The zero-order chi connectivity index (χ0) is 9.71. The second-order valence-electron chi connectivity index (χ2n) is 3.59. The van der Waals surface area contributed by atoms with Gasteiger partial charge in [-0.3, -0.25) is 4.90 Å². The smallest absolute Gasteiger partial charge is 0.408 e. The minimum absolute atomic E-state index is 0.0614. The van der Waals surface area contributed by atoms with Crippen molar-refractivity contribution in [1.29, 1.82) is 0 Å². The van der Waals surface area contributed by atoms with Crippen LogP contribution < -0.4 is 0 Å². The molecule has 1 N–H and O–H groups in total. The van der Waals surface area contributed by atoms with Gasteiger partial charge in [0.15, 0.2) is 0 Å². The van der Waals surface area contributed by atoms with E-state index in [2.05, 4.69) is 0 Å². The van der Waals surface area contributed by atoms with Crippen molar-refractivity contribution in [2.24, 2.45) is 0 Å². The van der Waals surface area contributed by atoms with Crippen molar-refractivity contribution in [2.75, 3.05) is 0 Å². The van der Waals surface area contributed by atoms with Crippen LogP contribution in [0, 0.1) is 0 Å². The zero-order valence-corrected chi connectivity index (χ0v) is 7.42. The predicted octanol–water partition coefficient (Wildman–Crippen LogP) is 2.33. The first-order chi connectivity index (χ1) is 6.79. The molecular weight excluding hydrogens is 178 g/mol. The summed E-state index contributed by atoms with van der Waals surface area (Å²) in [6.07, 6.45) is 3.07. The summed E-state index contributed by atoms with van der Waals surface area (Å²) in [5.74, 6) is 0. The van der Waals surface area contributed by atoms with Crippen LogP contribution in [0.3, 0.4) is 0 Å². The molecule has 2 aliphatic heterocycles. The maximum absolute atomic E-state index is 11.0. The molecule has 3 heteroatoms. The molecule has 2 aliphatic rings. The van der Waals surface area contributed by atoms with Crippen LogP contribution in [0.25, 0.3) is 0 Å². The summed E-state index contributed by atoms with van der Waals surface area (Å²) in [5, 5.41) is 9.05. The molecule has 0 saturated heterocycles. The molecule has 0 fully saturated rings. The lowest BCUT2D eigenvalue weighted by Gasteiger charge is -2.17. The Hall–Kier alpha value is -1.77. The first-order valence-corrected chi connectivity index (χ1v) is 4.57. The molecule has 0 spiro atoms. The van der Waals surface area contributed by atoms with E-state index in [0.29, 0.717) is 0 Å². The molecule has 3 rings (SSSR count). The van der Waals surface area contributed by atoms with Crippen molar-refractivity contribution >= 4 is 6.09 Å². The van der Waals surface area contributed by atoms with Crippen LogP contribution in [0.5, 0.6) is 0 Å². The van der Waals surface area contributed by atoms with Crippen molar-refractivity contribution in [3.05, 3.63) is 47.5 Å². The van der Waals surface area contributed by atoms with Crippen LogP contribution in [0.15, 0.2) is 36.4 Å². The average molecular weight is 187 g/mol. The van der Waals surface area contributed by atoms with Gasteiger partial charge in [0, 0.05) is 0 Å². The maximum atomic E-state index is 11.0. The molecule has 70 valence electrons. The van der Waals surface area contributed by atoms with E-state index in [4.69, 9.17) is 5.11 Å². The van der Waals surface area contributed by atoms with Gasteiger partial charge in [-0.25, -0.2) is 4.79 Å². The van der Waals surface area contributed by atoms with E-state index < -0.39 is 6.09 Å². The second-order valence-corrected chi connectivity index (χ2v) is 3.59. The molecule has 2 atom stereocenters. The summed E-state index contributed by atoms with van der Waals surface area (Å²) in [4.78, 5) is 12.5. The fraction of sp³-hybridized carbons (Fsp3) is 0.182. The highest BCUT2D eigenvalue weighted by Gasteiger charge is 2.42. The molecule has 0 radical (unpaired) electrons. The van der Waals surface area contributed by atoms with Gasteiger partial charge in [0.1, 0.15) is 0 Å². The van der Waals surface area contributed by atoms with Crippen LogP contribution in [0.1, 0.15) is 23.2 Å². The Balaban J connectivity index is 2.15. The van der Waals surface area contributed by atoms with E-state index in [0.717, 1.165) is 11.1 Å². The van der Waals surface area contributed by atoms with E-state index in [9.17, 15) is 4.79 Å². The fourth-order valence-corrected chi connectivity index (χ4v) is 2.36. The number of amides is 1. The predicted molar refractivity (Wildman–Crippen MR) is 50.9 cm³/mol. The number of hydrogen-bond acceptors (Lipinski definition) is 1. The molecular formula is C11H9NO2. The van der Waals surface area contributed by atoms with Gasteiger partial charge in [-0.05, 0) is 11.1 Å². The topological polar surface area (TPSA) is 40.5 Å². The summed E-state index contributed by atoms with van der Waals surface area (Å²) in [6.45, 7) is 0. The third-order valence-corrected chi connectivity index (χ3v) is 2.93. The SMILES string of the molecule is O=C(O)N1C2C=CC1c1ccccc12. The first kappa shape index (κ1) is 7.62. The van der Waals surface area contributed by atoms with Gasteiger partial charge in [-0.2, -0.15) is 0 Å². The number of nitrogens with zero attached hydrogens (tertiary/aromatic N) is 1. The number of fused-ring (bicyclic) bond motifs is 5.